The topological polar surface area (TPSA) is 84.3 Å². The summed E-state index contributed by atoms with van der Waals surface area (Å²) in [5, 5.41) is 4.54. The molecule has 3 heterocycles. The van der Waals surface area contributed by atoms with E-state index in [1.54, 1.807) is 18.6 Å². The first-order valence-electron chi connectivity index (χ1n) is 11.2. The second kappa shape index (κ2) is 7.72. The van der Waals surface area contributed by atoms with Crippen LogP contribution in [0.3, 0.4) is 0 Å². The fourth-order valence-electron chi connectivity index (χ4n) is 5.17. The van der Waals surface area contributed by atoms with Crippen LogP contribution in [-0.4, -0.2) is 50.2 Å². The summed E-state index contributed by atoms with van der Waals surface area (Å²) < 4.78 is 29.1. The fourth-order valence-corrected chi connectivity index (χ4v) is 5.17. The van der Waals surface area contributed by atoms with E-state index < -0.39 is 42.8 Å². The Bertz CT molecular complexity index is 1330. The van der Waals surface area contributed by atoms with Gasteiger partial charge in [0.1, 0.15) is 5.54 Å². The van der Waals surface area contributed by atoms with Gasteiger partial charge in [-0.1, -0.05) is 18.2 Å². The number of alkyl halides is 2. The third-order valence-electron chi connectivity index (χ3n) is 7.06. The quantitative estimate of drug-likeness (QED) is 0.461. The van der Waals surface area contributed by atoms with Gasteiger partial charge in [-0.05, 0) is 36.8 Å². The maximum Gasteiger partial charge on any atom is 0.325 e. The van der Waals surface area contributed by atoms with Crippen LogP contribution in [0.4, 0.5) is 13.6 Å². The van der Waals surface area contributed by atoms with Gasteiger partial charge in [0.2, 0.25) is 5.92 Å². The number of halogens is 2. The monoisotopic (exact) mass is 466 g/mol. The highest BCUT2D eigenvalue weighted by molar-refractivity contribution is 6.12. The first-order valence-corrected chi connectivity index (χ1v) is 11.2. The van der Waals surface area contributed by atoms with Crippen molar-refractivity contribution in [3.05, 3.63) is 54.0 Å². The average Bonchev–Trinajstić information content (AvgIpc) is 3.23. The zero-order valence-electron chi connectivity index (χ0n) is 18.9. The molecule has 2 fully saturated rings. The van der Waals surface area contributed by atoms with E-state index in [2.05, 4.69) is 10.3 Å². The van der Waals surface area contributed by atoms with Crippen LogP contribution in [0.2, 0.25) is 0 Å². The summed E-state index contributed by atoms with van der Waals surface area (Å²) in [6, 6.07) is 7.08. The van der Waals surface area contributed by atoms with Crippen molar-refractivity contribution in [3.63, 3.8) is 0 Å². The normalized spacial score (nSPS) is 19.1. The second-order valence-corrected chi connectivity index (χ2v) is 9.21. The lowest BCUT2D eigenvalue weighted by molar-refractivity contribution is -0.135. The Kier molecular flexibility index (Phi) is 5.03. The van der Waals surface area contributed by atoms with Gasteiger partial charge >= 0.3 is 6.03 Å². The lowest BCUT2D eigenvalue weighted by Gasteiger charge is -2.34. The van der Waals surface area contributed by atoms with Crippen molar-refractivity contribution in [2.45, 2.75) is 44.1 Å². The summed E-state index contributed by atoms with van der Waals surface area (Å²) in [5.74, 6) is -3.83. The Morgan fingerprint density at radius 1 is 1.15 bits per heavy atom. The number of hydrogen-bond donors (Lipinski definition) is 1. The largest absolute Gasteiger partial charge is 0.350 e. The van der Waals surface area contributed by atoms with Gasteiger partial charge in [0.05, 0.1) is 12.2 Å². The number of fused-ring (bicyclic) bond motifs is 1. The molecular formula is C25H24F2N4O3. The number of aromatic nitrogens is 2. The summed E-state index contributed by atoms with van der Waals surface area (Å²) in [5.41, 5.74) is 1.54. The van der Waals surface area contributed by atoms with E-state index in [1.807, 2.05) is 42.8 Å². The third kappa shape index (κ3) is 3.46. The summed E-state index contributed by atoms with van der Waals surface area (Å²) in [6.45, 7) is 1.39. The third-order valence-corrected chi connectivity index (χ3v) is 7.06. The Morgan fingerprint density at radius 3 is 2.62 bits per heavy atom. The molecule has 1 aliphatic heterocycles. The number of amides is 3. The molecular weight excluding hydrogens is 442 g/mol. The van der Waals surface area contributed by atoms with E-state index in [0.717, 1.165) is 32.5 Å². The SMILES string of the molecule is Cc1c(C(=O)CN2C(=O)NC3(CCC(F)(F)CC3)C2=O)cn(C)c1-c1cccc2ccncc12. The van der Waals surface area contributed by atoms with Gasteiger partial charge in [-0.25, -0.2) is 13.6 Å². The van der Waals surface area contributed by atoms with Gasteiger partial charge in [0.15, 0.2) is 5.78 Å². The molecule has 0 bridgehead atoms. The van der Waals surface area contributed by atoms with E-state index in [1.165, 1.54) is 0 Å². The van der Waals surface area contributed by atoms with Crippen LogP contribution >= 0.6 is 0 Å². The Labute approximate surface area is 194 Å². The number of hydrogen-bond acceptors (Lipinski definition) is 4. The number of imide groups is 1. The van der Waals surface area contributed by atoms with Gasteiger partial charge in [0.25, 0.3) is 5.91 Å². The average molecular weight is 466 g/mol. The van der Waals surface area contributed by atoms with Crippen molar-refractivity contribution < 1.29 is 23.2 Å². The number of urea groups is 1. The number of aryl methyl sites for hydroxylation is 1. The Morgan fingerprint density at radius 2 is 1.88 bits per heavy atom. The van der Waals surface area contributed by atoms with Crippen molar-refractivity contribution in [1.82, 2.24) is 19.8 Å². The number of benzene rings is 1. The number of nitrogens with one attached hydrogen (secondary N) is 1. The highest BCUT2D eigenvalue weighted by atomic mass is 19.3. The molecule has 7 nitrogen and oxygen atoms in total. The van der Waals surface area contributed by atoms with Crippen molar-refractivity contribution in [2.75, 3.05) is 6.54 Å². The van der Waals surface area contributed by atoms with Crippen LogP contribution in [-0.2, 0) is 11.8 Å². The number of carbonyl (C=O) groups excluding carboxylic acids is 3. The molecule has 2 aliphatic rings. The molecule has 3 aromatic rings. The molecule has 9 heteroatoms. The summed E-state index contributed by atoms with van der Waals surface area (Å²) in [6.07, 6.45) is 3.97. The first-order chi connectivity index (χ1) is 16.1. The zero-order valence-corrected chi connectivity index (χ0v) is 18.9. The van der Waals surface area contributed by atoms with Gasteiger partial charge < -0.3 is 9.88 Å². The lowest BCUT2D eigenvalue weighted by Crippen LogP contribution is -2.51. The lowest BCUT2D eigenvalue weighted by atomic mass is 9.80. The van der Waals surface area contributed by atoms with Crippen molar-refractivity contribution in [3.8, 4) is 11.3 Å². The van der Waals surface area contributed by atoms with Gasteiger partial charge in [-0.15, -0.1) is 0 Å². The molecule has 1 spiro atoms. The zero-order chi connectivity index (χ0) is 24.3. The molecule has 1 aromatic carbocycles. The molecule has 1 saturated heterocycles. The number of carbonyl (C=O) groups is 3. The van der Waals surface area contributed by atoms with E-state index in [-0.39, 0.29) is 18.6 Å². The molecule has 2 aromatic heterocycles. The maximum atomic E-state index is 13.6. The second-order valence-electron chi connectivity index (χ2n) is 9.21. The van der Waals surface area contributed by atoms with Gasteiger partial charge in [-0.2, -0.15) is 0 Å². The highest BCUT2D eigenvalue weighted by Crippen LogP contribution is 2.41. The van der Waals surface area contributed by atoms with Crippen molar-refractivity contribution >= 4 is 28.5 Å². The molecule has 5 rings (SSSR count). The van der Waals surface area contributed by atoms with E-state index >= 15 is 0 Å². The van der Waals surface area contributed by atoms with Crippen LogP contribution in [0.15, 0.2) is 42.9 Å². The maximum absolute atomic E-state index is 13.6. The standard InChI is InChI=1S/C25H24F2N4O3/c1-15-19(13-30(2)21(15)17-5-3-4-16-6-11-28-12-18(16)17)20(32)14-31-22(33)24(29-23(31)34)7-9-25(26,27)10-8-24/h3-6,11-13H,7-10,14H2,1-2H3,(H,29,34). The van der Waals surface area contributed by atoms with Crippen LogP contribution in [0.5, 0.6) is 0 Å². The molecule has 0 radical (unpaired) electrons. The molecule has 1 aliphatic carbocycles. The van der Waals surface area contributed by atoms with Crippen LogP contribution in [0.25, 0.3) is 22.0 Å². The number of rotatable bonds is 4. The fraction of sp³-hybridized carbons (Fsp3) is 0.360. The molecule has 0 unspecified atom stereocenters. The van der Waals surface area contributed by atoms with Gasteiger partial charge in [-0.3, -0.25) is 19.5 Å². The van der Waals surface area contributed by atoms with E-state index in [9.17, 15) is 23.2 Å². The number of nitrogens with zero attached hydrogens (tertiary/aromatic N) is 3. The molecule has 1 saturated carbocycles. The Balaban J connectivity index is 1.42. The van der Waals surface area contributed by atoms with Crippen molar-refractivity contribution in [1.29, 1.82) is 0 Å². The van der Waals surface area contributed by atoms with Gasteiger partial charge in [0, 0.05) is 55.0 Å². The molecule has 3 amide bonds. The minimum atomic E-state index is -2.84. The molecule has 1 N–H and O–H groups in total. The number of pyridine rings is 1. The smallest absolute Gasteiger partial charge is 0.325 e. The minimum Gasteiger partial charge on any atom is -0.350 e. The van der Waals surface area contributed by atoms with E-state index in [4.69, 9.17) is 0 Å². The minimum absolute atomic E-state index is 0.140. The predicted molar refractivity (Wildman–Crippen MR) is 122 cm³/mol. The Hall–Kier alpha value is -3.62. The van der Waals surface area contributed by atoms with Crippen LogP contribution < -0.4 is 5.32 Å². The van der Waals surface area contributed by atoms with E-state index in [0.29, 0.717) is 5.56 Å². The van der Waals surface area contributed by atoms with Crippen LogP contribution in [0.1, 0.15) is 41.6 Å². The summed E-state index contributed by atoms with van der Waals surface area (Å²) in [4.78, 5) is 43.9. The predicted octanol–water partition coefficient (Wildman–Crippen LogP) is 4.23. The van der Waals surface area contributed by atoms with Crippen LogP contribution in [0, 0.1) is 6.92 Å². The highest BCUT2D eigenvalue weighted by Gasteiger charge is 2.55. The molecule has 0 atom stereocenters. The summed E-state index contributed by atoms with van der Waals surface area (Å²) >= 11 is 0. The number of ketones is 1. The molecule has 176 valence electrons. The first kappa shape index (κ1) is 22.2. The molecule has 34 heavy (non-hydrogen) atoms. The summed E-state index contributed by atoms with van der Waals surface area (Å²) in [7, 11) is 1.83. The van der Waals surface area contributed by atoms with Crippen molar-refractivity contribution in [2.24, 2.45) is 7.05 Å². The number of Topliss-reactive ketones (excluding diaryl/α,β-unsaturated/α-hetero) is 1.